The molecule has 0 bridgehead atoms. The molecule has 0 aliphatic carbocycles. The molecule has 0 saturated carbocycles. The summed E-state index contributed by atoms with van der Waals surface area (Å²) in [4.78, 5) is 24.5. The van der Waals surface area contributed by atoms with E-state index < -0.39 is 5.97 Å². The van der Waals surface area contributed by atoms with Crippen molar-refractivity contribution in [1.29, 1.82) is 0 Å². The maximum absolute atomic E-state index is 11.8. The van der Waals surface area contributed by atoms with Crippen LogP contribution in [0.15, 0.2) is 59.5 Å². The van der Waals surface area contributed by atoms with Gasteiger partial charge >= 0.3 is 5.97 Å². The Labute approximate surface area is 146 Å². The number of esters is 1. The Bertz CT molecular complexity index is 669. The number of hydrogen-bond acceptors (Lipinski definition) is 4. The molecule has 126 valence electrons. The van der Waals surface area contributed by atoms with Gasteiger partial charge in [-0.05, 0) is 35.7 Å². The van der Waals surface area contributed by atoms with Gasteiger partial charge in [-0.2, -0.15) is 0 Å². The van der Waals surface area contributed by atoms with Crippen LogP contribution in [0.3, 0.4) is 0 Å². The number of nitrogens with one attached hydrogen (secondary N) is 1. The van der Waals surface area contributed by atoms with Gasteiger partial charge in [0.1, 0.15) is 0 Å². The van der Waals surface area contributed by atoms with Crippen molar-refractivity contribution >= 4 is 29.3 Å². The van der Waals surface area contributed by atoms with Crippen LogP contribution in [0.1, 0.15) is 25.3 Å². The van der Waals surface area contributed by atoms with E-state index in [-0.39, 0.29) is 18.3 Å². The number of rotatable bonds is 7. The maximum Gasteiger partial charge on any atom is 0.316 e. The Hall–Kier alpha value is -2.27. The Morgan fingerprint density at radius 1 is 1.04 bits per heavy atom. The molecule has 1 N–H and O–H groups in total. The second-order valence-electron chi connectivity index (χ2n) is 5.59. The highest BCUT2D eigenvalue weighted by Gasteiger charge is 2.09. The lowest BCUT2D eigenvalue weighted by Crippen LogP contribution is -2.21. The van der Waals surface area contributed by atoms with E-state index in [9.17, 15) is 9.59 Å². The molecule has 0 radical (unpaired) electrons. The number of carbonyl (C=O) groups is 2. The van der Waals surface area contributed by atoms with Gasteiger partial charge < -0.3 is 10.1 Å². The number of benzene rings is 2. The van der Waals surface area contributed by atoms with Gasteiger partial charge in [-0.3, -0.25) is 9.59 Å². The molecule has 5 heteroatoms. The van der Waals surface area contributed by atoms with E-state index in [4.69, 9.17) is 4.74 Å². The van der Waals surface area contributed by atoms with E-state index in [1.54, 1.807) is 0 Å². The molecule has 0 heterocycles. The van der Waals surface area contributed by atoms with E-state index in [0.29, 0.717) is 11.6 Å². The third-order valence-electron chi connectivity index (χ3n) is 3.33. The third-order valence-corrected chi connectivity index (χ3v) is 4.31. The van der Waals surface area contributed by atoms with Gasteiger partial charge in [-0.15, -0.1) is 11.8 Å². The summed E-state index contributed by atoms with van der Waals surface area (Å²) < 4.78 is 4.99. The lowest BCUT2D eigenvalue weighted by atomic mass is 10.0. The molecule has 0 aromatic heterocycles. The van der Waals surface area contributed by atoms with Crippen LogP contribution in [-0.2, 0) is 14.3 Å². The van der Waals surface area contributed by atoms with Gasteiger partial charge in [-0.25, -0.2) is 0 Å². The molecule has 0 spiro atoms. The van der Waals surface area contributed by atoms with Gasteiger partial charge in [-0.1, -0.05) is 44.2 Å². The zero-order chi connectivity index (χ0) is 17.4. The number of anilines is 1. The van der Waals surface area contributed by atoms with E-state index in [0.717, 1.165) is 4.90 Å². The normalized spacial score (nSPS) is 10.5. The van der Waals surface area contributed by atoms with Crippen LogP contribution >= 0.6 is 11.8 Å². The smallest absolute Gasteiger partial charge is 0.316 e. The van der Waals surface area contributed by atoms with Crippen LogP contribution in [0.25, 0.3) is 0 Å². The van der Waals surface area contributed by atoms with Crippen molar-refractivity contribution in [2.75, 3.05) is 17.7 Å². The fourth-order valence-electron chi connectivity index (χ4n) is 2.00. The van der Waals surface area contributed by atoms with Crippen LogP contribution in [0, 0.1) is 0 Å². The van der Waals surface area contributed by atoms with Crippen molar-refractivity contribution in [3.63, 3.8) is 0 Å². The van der Waals surface area contributed by atoms with Crippen LogP contribution in [-0.4, -0.2) is 24.2 Å². The van der Waals surface area contributed by atoms with Crippen LogP contribution in [0.2, 0.25) is 0 Å². The lowest BCUT2D eigenvalue weighted by Gasteiger charge is -2.09. The highest BCUT2D eigenvalue weighted by atomic mass is 32.2. The Kier molecular flexibility index (Phi) is 6.88. The molecular formula is C19H21NO3S. The topological polar surface area (TPSA) is 55.4 Å². The lowest BCUT2D eigenvalue weighted by molar-refractivity contribution is -0.144. The number of thioether (sulfide) groups is 1. The Balaban J connectivity index is 1.71. The maximum atomic E-state index is 11.8. The zero-order valence-electron chi connectivity index (χ0n) is 13.8. The van der Waals surface area contributed by atoms with E-state index in [1.807, 2.05) is 54.6 Å². The van der Waals surface area contributed by atoms with Crippen molar-refractivity contribution < 1.29 is 14.3 Å². The largest absolute Gasteiger partial charge is 0.455 e. The number of carbonyl (C=O) groups excluding carboxylic acids is 2. The van der Waals surface area contributed by atoms with Gasteiger partial charge in [0.2, 0.25) is 0 Å². The second-order valence-corrected chi connectivity index (χ2v) is 6.64. The molecule has 0 saturated heterocycles. The molecule has 2 rings (SSSR count). The van der Waals surface area contributed by atoms with Crippen molar-refractivity contribution in [3.8, 4) is 0 Å². The molecule has 0 unspecified atom stereocenters. The fraction of sp³-hybridized carbons (Fsp3) is 0.263. The molecule has 24 heavy (non-hydrogen) atoms. The van der Waals surface area contributed by atoms with Crippen molar-refractivity contribution in [2.45, 2.75) is 24.7 Å². The Morgan fingerprint density at radius 3 is 2.33 bits per heavy atom. The SMILES string of the molecule is CC(C)c1ccc(NC(=O)COC(=O)CSc2ccccc2)cc1. The minimum Gasteiger partial charge on any atom is -0.455 e. The summed E-state index contributed by atoms with van der Waals surface area (Å²) in [5, 5.41) is 2.71. The Morgan fingerprint density at radius 2 is 1.71 bits per heavy atom. The van der Waals surface area contributed by atoms with Crippen molar-refractivity contribution in [1.82, 2.24) is 0 Å². The van der Waals surface area contributed by atoms with Gasteiger partial charge in [0, 0.05) is 10.6 Å². The molecular weight excluding hydrogens is 322 g/mol. The molecule has 0 aliphatic rings. The summed E-state index contributed by atoms with van der Waals surface area (Å²) in [5.74, 6) is -0.127. The predicted octanol–water partition coefficient (Wildman–Crippen LogP) is 4.08. The predicted molar refractivity (Wildman–Crippen MR) is 97.3 cm³/mol. The summed E-state index contributed by atoms with van der Waals surface area (Å²) in [5.41, 5.74) is 1.90. The van der Waals surface area contributed by atoms with Gasteiger partial charge in [0.15, 0.2) is 6.61 Å². The quantitative estimate of drug-likeness (QED) is 0.608. The third kappa shape index (κ3) is 6.08. The first-order chi connectivity index (χ1) is 11.5. The van der Waals surface area contributed by atoms with Gasteiger partial charge in [0.05, 0.1) is 5.75 Å². The average molecular weight is 343 g/mol. The molecule has 0 fully saturated rings. The van der Waals surface area contributed by atoms with Crippen LogP contribution < -0.4 is 5.32 Å². The molecule has 2 aromatic rings. The highest BCUT2D eigenvalue weighted by Crippen LogP contribution is 2.18. The summed E-state index contributed by atoms with van der Waals surface area (Å²) >= 11 is 1.38. The molecule has 0 atom stereocenters. The fourth-order valence-corrected chi connectivity index (χ4v) is 2.71. The van der Waals surface area contributed by atoms with E-state index in [2.05, 4.69) is 19.2 Å². The summed E-state index contributed by atoms with van der Waals surface area (Å²) in [6, 6.07) is 17.2. The van der Waals surface area contributed by atoms with Crippen molar-refractivity contribution in [2.24, 2.45) is 0 Å². The average Bonchev–Trinajstić information content (AvgIpc) is 2.59. The second kappa shape index (κ2) is 9.13. The zero-order valence-corrected chi connectivity index (χ0v) is 14.6. The number of ether oxygens (including phenoxy) is 1. The van der Waals surface area contributed by atoms with Crippen LogP contribution in [0.4, 0.5) is 5.69 Å². The standard InChI is InChI=1S/C19H21NO3S/c1-14(2)15-8-10-16(11-9-15)20-18(21)12-23-19(22)13-24-17-6-4-3-5-7-17/h3-11,14H,12-13H2,1-2H3,(H,20,21). The molecule has 2 aromatic carbocycles. The first-order valence-corrected chi connectivity index (χ1v) is 8.76. The first-order valence-electron chi connectivity index (χ1n) is 7.78. The minimum absolute atomic E-state index is 0.181. The molecule has 1 amide bonds. The number of amides is 1. The summed E-state index contributed by atoms with van der Waals surface area (Å²) in [6.45, 7) is 3.95. The van der Waals surface area contributed by atoms with Gasteiger partial charge in [0.25, 0.3) is 5.91 Å². The summed E-state index contributed by atoms with van der Waals surface area (Å²) in [7, 11) is 0. The number of hydrogen-bond donors (Lipinski definition) is 1. The van der Waals surface area contributed by atoms with Crippen LogP contribution in [0.5, 0.6) is 0 Å². The molecule has 4 nitrogen and oxygen atoms in total. The van der Waals surface area contributed by atoms with E-state index >= 15 is 0 Å². The minimum atomic E-state index is -0.408. The van der Waals surface area contributed by atoms with E-state index in [1.165, 1.54) is 17.3 Å². The monoisotopic (exact) mass is 343 g/mol. The highest BCUT2D eigenvalue weighted by molar-refractivity contribution is 8.00. The summed E-state index contributed by atoms with van der Waals surface area (Å²) in [6.07, 6.45) is 0. The molecule has 0 aliphatic heterocycles. The van der Waals surface area contributed by atoms with Crippen molar-refractivity contribution in [3.05, 3.63) is 60.2 Å². The first kappa shape index (κ1) is 18.1.